The van der Waals surface area contributed by atoms with Crippen molar-refractivity contribution in [3.63, 3.8) is 0 Å². The highest BCUT2D eigenvalue weighted by molar-refractivity contribution is 7.99. The van der Waals surface area contributed by atoms with Crippen molar-refractivity contribution in [1.29, 1.82) is 0 Å². The largest absolute Gasteiger partial charge is 0.337 e. The van der Waals surface area contributed by atoms with Crippen LogP contribution in [0.2, 0.25) is 0 Å². The lowest BCUT2D eigenvalue weighted by Gasteiger charge is -2.18. The number of amides is 2. The molecule has 0 fully saturated rings. The molecule has 2 amide bonds. The first kappa shape index (κ1) is 16.7. The van der Waals surface area contributed by atoms with Crippen LogP contribution in [-0.4, -0.2) is 53.8 Å². The van der Waals surface area contributed by atoms with Gasteiger partial charge in [0, 0.05) is 32.9 Å². The van der Waals surface area contributed by atoms with E-state index in [9.17, 15) is 4.79 Å². The molecule has 3 aromatic rings. The molecule has 0 bridgehead atoms. The van der Waals surface area contributed by atoms with Crippen LogP contribution in [0.5, 0.6) is 0 Å². The van der Waals surface area contributed by atoms with E-state index in [0.29, 0.717) is 13.1 Å². The maximum atomic E-state index is 12.1. The molecular weight excluding hydrogens is 346 g/mol. The van der Waals surface area contributed by atoms with Crippen molar-refractivity contribution in [3.8, 4) is 0 Å². The number of urea groups is 1. The minimum atomic E-state index is -0.106. The number of benzene rings is 1. The van der Waals surface area contributed by atoms with E-state index in [1.165, 1.54) is 11.7 Å². The molecule has 0 atom stereocenters. The third-order valence-corrected chi connectivity index (χ3v) is 4.96. The molecule has 0 unspecified atom stereocenters. The molecule has 0 aliphatic rings. The van der Waals surface area contributed by atoms with E-state index in [1.807, 2.05) is 29.8 Å². The summed E-state index contributed by atoms with van der Waals surface area (Å²) in [5, 5.41) is 11.5. The molecule has 1 N–H and O–H groups in total. The predicted octanol–water partition coefficient (Wildman–Crippen LogP) is 1.75. The number of hydrogen-bond acceptors (Lipinski definition) is 7. The molecule has 24 heavy (non-hydrogen) atoms. The lowest BCUT2D eigenvalue weighted by molar-refractivity contribution is 0.207. The lowest BCUT2D eigenvalue weighted by atomic mass is 10.2. The summed E-state index contributed by atoms with van der Waals surface area (Å²) in [7, 11) is 3.66. The van der Waals surface area contributed by atoms with Crippen LogP contribution in [0.25, 0.3) is 11.0 Å². The number of carbonyl (C=O) groups excluding carboxylic acids is 1. The average molecular weight is 363 g/mol. The summed E-state index contributed by atoms with van der Waals surface area (Å²) < 4.78 is 10.2. The molecule has 0 aliphatic carbocycles. The van der Waals surface area contributed by atoms with Gasteiger partial charge in [-0.1, -0.05) is 17.8 Å². The Kier molecular flexibility index (Phi) is 5.26. The number of fused-ring (bicyclic) bond motifs is 1. The van der Waals surface area contributed by atoms with E-state index < -0.39 is 0 Å². The maximum absolute atomic E-state index is 12.1. The number of carbonyl (C=O) groups is 1. The molecule has 10 heteroatoms. The normalized spacial score (nSPS) is 10.9. The van der Waals surface area contributed by atoms with Gasteiger partial charge in [0.2, 0.25) is 0 Å². The van der Waals surface area contributed by atoms with Crippen molar-refractivity contribution in [2.75, 3.05) is 19.3 Å². The second kappa shape index (κ2) is 7.58. The molecular formula is C14H17N7OS2. The van der Waals surface area contributed by atoms with Crippen molar-refractivity contribution in [2.24, 2.45) is 7.05 Å². The standard InChI is InChI=1S/C14H17N7OS2/c1-20(8-10-3-4-11-12(7-10)19-24-18-11)13(22)15-5-6-23-14-17-16-9-21(14)2/h3-4,7,9H,5-6,8H2,1-2H3,(H,15,22). The van der Waals surface area contributed by atoms with Gasteiger partial charge in [0.15, 0.2) is 5.16 Å². The Bertz CT molecular complexity index is 831. The van der Waals surface area contributed by atoms with E-state index in [4.69, 9.17) is 0 Å². The highest BCUT2D eigenvalue weighted by atomic mass is 32.2. The average Bonchev–Trinajstić information content (AvgIpc) is 3.19. The zero-order chi connectivity index (χ0) is 16.9. The van der Waals surface area contributed by atoms with Crippen molar-refractivity contribution in [3.05, 3.63) is 30.1 Å². The molecule has 2 heterocycles. The third kappa shape index (κ3) is 4.01. The third-order valence-electron chi connectivity index (χ3n) is 3.36. The van der Waals surface area contributed by atoms with Crippen LogP contribution >= 0.6 is 23.5 Å². The van der Waals surface area contributed by atoms with Crippen LogP contribution in [-0.2, 0) is 13.6 Å². The number of thioether (sulfide) groups is 1. The first-order valence-corrected chi connectivity index (χ1v) is 9.02. The van der Waals surface area contributed by atoms with Gasteiger partial charge in [-0.3, -0.25) is 0 Å². The topological polar surface area (TPSA) is 88.8 Å². The monoisotopic (exact) mass is 363 g/mol. The maximum Gasteiger partial charge on any atom is 0.317 e. The van der Waals surface area contributed by atoms with E-state index in [-0.39, 0.29) is 6.03 Å². The Morgan fingerprint density at radius 3 is 3.00 bits per heavy atom. The van der Waals surface area contributed by atoms with Crippen LogP contribution in [0.4, 0.5) is 4.79 Å². The number of nitrogens with one attached hydrogen (secondary N) is 1. The number of aromatic nitrogens is 5. The summed E-state index contributed by atoms with van der Waals surface area (Å²) in [4.78, 5) is 13.8. The summed E-state index contributed by atoms with van der Waals surface area (Å²) in [5.74, 6) is 0.739. The Morgan fingerprint density at radius 2 is 2.21 bits per heavy atom. The highest BCUT2D eigenvalue weighted by Crippen LogP contribution is 2.15. The molecule has 2 aromatic heterocycles. The van der Waals surface area contributed by atoms with Crippen LogP contribution in [0.15, 0.2) is 29.7 Å². The van der Waals surface area contributed by atoms with Gasteiger partial charge in [-0.15, -0.1) is 10.2 Å². The summed E-state index contributed by atoms with van der Waals surface area (Å²) in [5.41, 5.74) is 2.78. The second-order valence-electron chi connectivity index (χ2n) is 5.25. The van der Waals surface area contributed by atoms with E-state index in [2.05, 4.69) is 24.3 Å². The van der Waals surface area contributed by atoms with Crippen LogP contribution in [0.1, 0.15) is 5.56 Å². The first-order chi connectivity index (χ1) is 11.6. The van der Waals surface area contributed by atoms with Crippen molar-refractivity contribution < 1.29 is 4.79 Å². The highest BCUT2D eigenvalue weighted by Gasteiger charge is 2.10. The lowest BCUT2D eigenvalue weighted by Crippen LogP contribution is -2.37. The fraction of sp³-hybridized carbons (Fsp3) is 0.357. The van der Waals surface area contributed by atoms with E-state index in [1.54, 1.807) is 30.0 Å². The molecule has 1 aromatic carbocycles. The van der Waals surface area contributed by atoms with Crippen molar-refractivity contribution in [1.82, 2.24) is 33.7 Å². The number of aryl methyl sites for hydroxylation is 1. The van der Waals surface area contributed by atoms with E-state index >= 15 is 0 Å². The smallest absolute Gasteiger partial charge is 0.317 e. The summed E-state index contributed by atoms with van der Waals surface area (Å²) in [6.07, 6.45) is 1.66. The number of hydrogen-bond donors (Lipinski definition) is 1. The quantitative estimate of drug-likeness (QED) is 0.530. The van der Waals surface area contributed by atoms with E-state index in [0.717, 1.165) is 27.5 Å². The Morgan fingerprint density at radius 1 is 1.38 bits per heavy atom. The van der Waals surface area contributed by atoms with Crippen molar-refractivity contribution in [2.45, 2.75) is 11.7 Å². The van der Waals surface area contributed by atoms with Gasteiger partial charge in [-0.25, -0.2) is 4.79 Å². The summed E-state index contributed by atoms with van der Waals surface area (Å²) in [6, 6.07) is 5.76. The number of nitrogens with zero attached hydrogens (tertiary/aromatic N) is 6. The number of rotatable bonds is 6. The molecule has 0 saturated carbocycles. The SMILES string of the molecule is CN(Cc1ccc2nsnc2c1)C(=O)NCCSc1nncn1C. The summed E-state index contributed by atoms with van der Waals surface area (Å²) >= 11 is 2.75. The zero-order valence-electron chi connectivity index (χ0n) is 13.3. The van der Waals surface area contributed by atoms with Gasteiger partial charge in [0.25, 0.3) is 0 Å². The molecule has 3 rings (SSSR count). The fourth-order valence-corrected chi connectivity index (χ4v) is 3.37. The van der Waals surface area contributed by atoms with Gasteiger partial charge < -0.3 is 14.8 Å². The van der Waals surface area contributed by atoms with Gasteiger partial charge in [-0.2, -0.15) is 8.75 Å². The molecule has 0 saturated heterocycles. The van der Waals surface area contributed by atoms with Gasteiger partial charge >= 0.3 is 6.03 Å². The molecule has 126 valence electrons. The fourth-order valence-electron chi connectivity index (χ4n) is 2.11. The first-order valence-electron chi connectivity index (χ1n) is 7.30. The van der Waals surface area contributed by atoms with Crippen LogP contribution in [0.3, 0.4) is 0 Å². The van der Waals surface area contributed by atoms with Crippen molar-refractivity contribution >= 4 is 40.6 Å². The predicted molar refractivity (Wildman–Crippen MR) is 94.0 cm³/mol. The zero-order valence-corrected chi connectivity index (χ0v) is 15.0. The van der Waals surface area contributed by atoms with Crippen LogP contribution < -0.4 is 5.32 Å². The molecule has 0 aliphatic heterocycles. The Labute approximate surface area is 147 Å². The minimum absolute atomic E-state index is 0.106. The van der Waals surface area contributed by atoms with Crippen LogP contribution in [0, 0.1) is 0 Å². The Balaban J connectivity index is 1.45. The Hall–Kier alpha value is -2.20. The minimum Gasteiger partial charge on any atom is -0.337 e. The second-order valence-corrected chi connectivity index (χ2v) is 6.84. The summed E-state index contributed by atoms with van der Waals surface area (Å²) in [6.45, 7) is 1.09. The molecule has 0 radical (unpaired) electrons. The molecule has 0 spiro atoms. The van der Waals surface area contributed by atoms with Gasteiger partial charge in [0.1, 0.15) is 17.4 Å². The van der Waals surface area contributed by atoms with Gasteiger partial charge in [-0.05, 0) is 17.7 Å². The van der Waals surface area contributed by atoms with Gasteiger partial charge in [0.05, 0.1) is 11.7 Å². The molecule has 8 nitrogen and oxygen atoms in total.